The van der Waals surface area contributed by atoms with Gasteiger partial charge in [0.05, 0.1) is 18.5 Å². The van der Waals surface area contributed by atoms with Crippen LogP contribution in [0.5, 0.6) is 0 Å². The van der Waals surface area contributed by atoms with E-state index in [1.54, 1.807) is 0 Å². The maximum absolute atomic E-state index is 7.33. The zero-order chi connectivity index (χ0) is 23.3. The summed E-state index contributed by atoms with van der Waals surface area (Å²) in [4.78, 5) is 0. The van der Waals surface area contributed by atoms with Crippen molar-refractivity contribution in [1.82, 2.24) is 0 Å². The van der Waals surface area contributed by atoms with Crippen molar-refractivity contribution in [3.8, 4) is 0 Å². The fourth-order valence-corrected chi connectivity index (χ4v) is 18.5. The smallest absolute Gasteiger partial charge is 0.217 e. The Morgan fingerprint density at radius 1 is 0.724 bits per heavy atom. The van der Waals surface area contributed by atoms with Crippen LogP contribution in [0, 0.1) is 0 Å². The van der Waals surface area contributed by atoms with Crippen LogP contribution in [0.1, 0.15) is 66.7 Å². The van der Waals surface area contributed by atoms with Crippen LogP contribution in [-0.2, 0) is 13.3 Å². The number of hydrogen-bond donors (Lipinski definition) is 0. The van der Waals surface area contributed by atoms with E-state index in [0.29, 0.717) is 5.73 Å². The van der Waals surface area contributed by atoms with E-state index in [-0.39, 0.29) is 10.4 Å². The summed E-state index contributed by atoms with van der Waals surface area (Å²) in [5.41, 5.74) is 0.426. The van der Waals surface area contributed by atoms with Crippen LogP contribution in [-0.4, -0.2) is 49.9 Å². The molecule has 0 aromatic carbocycles. The van der Waals surface area contributed by atoms with Crippen molar-refractivity contribution >= 4 is 33.7 Å². The van der Waals surface area contributed by atoms with E-state index in [1.165, 1.54) is 0 Å². The van der Waals surface area contributed by atoms with Gasteiger partial charge < -0.3 is 13.3 Å². The molecule has 7 heteroatoms. The van der Waals surface area contributed by atoms with Crippen molar-refractivity contribution in [2.45, 2.75) is 142 Å². The summed E-state index contributed by atoms with van der Waals surface area (Å²) in [6.45, 7) is 32.9. The highest BCUT2D eigenvalue weighted by molar-refractivity contribution is 6.79. The largest absolute Gasteiger partial charge is 0.418 e. The van der Waals surface area contributed by atoms with Gasteiger partial charge in [0.2, 0.25) is 17.4 Å². The Balaban J connectivity index is 5.98. The van der Waals surface area contributed by atoms with Crippen LogP contribution in [0.15, 0.2) is 0 Å². The molecule has 3 nitrogen and oxygen atoms in total. The third-order valence-electron chi connectivity index (χ3n) is 6.84. The van der Waals surface area contributed by atoms with Crippen molar-refractivity contribution in [1.29, 1.82) is 0 Å². The first-order chi connectivity index (χ1) is 13.0. The van der Waals surface area contributed by atoms with Crippen LogP contribution in [0.4, 0.5) is 0 Å². The third kappa shape index (κ3) is 7.68. The van der Waals surface area contributed by atoms with E-state index < -0.39 is 33.7 Å². The van der Waals surface area contributed by atoms with Gasteiger partial charge >= 0.3 is 0 Å². The molecule has 0 aromatic rings. The highest BCUT2D eigenvalue weighted by Crippen LogP contribution is 2.40. The lowest BCUT2D eigenvalue weighted by Crippen LogP contribution is -2.66. The molecule has 29 heavy (non-hydrogen) atoms. The van der Waals surface area contributed by atoms with Gasteiger partial charge in [-0.3, -0.25) is 0 Å². The summed E-state index contributed by atoms with van der Waals surface area (Å²) in [7, 11) is -6.76. The van der Waals surface area contributed by atoms with Gasteiger partial charge in [-0.1, -0.05) is 54.3 Å². The first-order valence-electron chi connectivity index (χ1n) is 12.1. The SMILES string of the molecule is CCC(O[SiH](C)C(CC)(CC)O[Si](C)(C)C(CC)(CC)O[Si](C)(C)C)[Si](C)(C)C. The predicted octanol–water partition coefficient (Wildman–Crippen LogP) is 7.28. The molecule has 2 atom stereocenters. The Morgan fingerprint density at radius 3 is 1.45 bits per heavy atom. The quantitative estimate of drug-likeness (QED) is 0.245. The molecule has 2 unspecified atom stereocenters. The minimum Gasteiger partial charge on any atom is -0.418 e. The van der Waals surface area contributed by atoms with E-state index in [2.05, 4.69) is 93.5 Å². The lowest BCUT2D eigenvalue weighted by Gasteiger charge is -2.52. The van der Waals surface area contributed by atoms with Crippen molar-refractivity contribution in [2.75, 3.05) is 0 Å². The van der Waals surface area contributed by atoms with Gasteiger partial charge in [0.15, 0.2) is 8.32 Å². The standard InChI is InChI=1S/C22H54O3Si4/c1-15-20(27(7,8)9)23-26(6)21(16-2,17-3)24-29(13,14)22(18-4,19-5)25-28(10,11)12/h20,26H,15-19H2,1-14H3. The monoisotopic (exact) mass is 478 g/mol. The summed E-state index contributed by atoms with van der Waals surface area (Å²) in [5, 5.41) is -0.231. The number of rotatable bonds is 14. The molecular weight excluding hydrogens is 425 g/mol. The minimum absolute atomic E-state index is 0.110. The van der Waals surface area contributed by atoms with Gasteiger partial charge in [-0.2, -0.15) is 0 Å². The molecule has 0 radical (unpaired) electrons. The van der Waals surface area contributed by atoms with E-state index in [1.807, 2.05) is 0 Å². The maximum Gasteiger partial charge on any atom is 0.217 e. The fourth-order valence-electron chi connectivity index (χ4n) is 4.89. The first kappa shape index (κ1) is 29.7. The molecule has 0 heterocycles. The molecule has 0 aromatic heterocycles. The van der Waals surface area contributed by atoms with Gasteiger partial charge in [0, 0.05) is 5.73 Å². The van der Waals surface area contributed by atoms with Crippen molar-refractivity contribution in [3.05, 3.63) is 0 Å². The predicted molar refractivity (Wildman–Crippen MR) is 141 cm³/mol. The zero-order valence-corrected chi connectivity index (χ0v) is 26.6. The summed E-state index contributed by atoms with van der Waals surface area (Å²) >= 11 is 0. The molecule has 0 amide bonds. The normalized spacial score (nSPS) is 16.8. The van der Waals surface area contributed by atoms with Crippen molar-refractivity contribution in [2.24, 2.45) is 0 Å². The molecule has 176 valence electrons. The summed E-state index contributed by atoms with van der Waals surface area (Å²) in [6.07, 6.45) is 5.24. The van der Waals surface area contributed by atoms with E-state index in [9.17, 15) is 0 Å². The highest BCUT2D eigenvalue weighted by atomic mass is 28.4. The zero-order valence-electron chi connectivity index (χ0n) is 22.4. The maximum atomic E-state index is 7.33. The van der Waals surface area contributed by atoms with Crippen LogP contribution in [0.3, 0.4) is 0 Å². The second-order valence-electron chi connectivity index (χ2n) is 11.3. The second-order valence-corrected chi connectivity index (χ2v) is 27.9. The lowest BCUT2D eigenvalue weighted by molar-refractivity contribution is 0.0447. The van der Waals surface area contributed by atoms with Gasteiger partial charge in [-0.15, -0.1) is 0 Å². The molecule has 0 aliphatic rings. The molecule has 0 aliphatic carbocycles. The Hall–Kier alpha value is 0.748. The lowest BCUT2D eigenvalue weighted by atomic mass is 10.2. The molecule has 0 N–H and O–H groups in total. The molecular formula is C22H54O3Si4. The van der Waals surface area contributed by atoms with Crippen molar-refractivity contribution < 1.29 is 13.3 Å². The molecule has 0 spiro atoms. The van der Waals surface area contributed by atoms with Crippen LogP contribution in [0.25, 0.3) is 0 Å². The topological polar surface area (TPSA) is 27.7 Å². The molecule has 0 aliphatic heterocycles. The van der Waals surface area contributed by atoms with Crippen LogP contribution < -0.4 is 0 Å². The third-order valence-corrected chi connectivity index (χ3v) is 18.1. The minimum atomic E-state index is -2.16. The second kappa shape index (κ2) is 11.1. The molecule has 0 saturated carbocycles. The molecule has 0 bridgehead atoms. The number of hydrogen-bond acceptors (Lipinski definition) is 3. The average Bonchev–Trinajstić information content (AvgIpc) is 2.59. The van der Waals surface area contributed by atoms with Crippen LogP contribution >= 0.6 is 0 Å². The van der Waals surface area contributed by atoms with E-state index >= 15 is 0 Å². The van der Waals surface area contributed by atoms with Crippen LogP contribution in [0.2, 0.25) is 58.9 Å². The van der Waals surface area contributed by atoms with Gasteiger partial charge in [-0.05, 0) is 71.4 Å². The molecule has 0 rings (SSSR count). The van der Waals surface area contributed by atoms with Gasteiger partial charge in [0.25, 0.3) is 0 Å². The van der Waals surface area contributed by atoms with Gasteiger partial charge in [0.1, 0.15) is 0 Å². The molecule has 0 saturated heterocycles. The Labute approximate surface area is 188 Å². The Kier molecular flexibility index (Phi) is 11.3. The summed E-state index contributed by atoms with van der Waals surface area (Å²) in [5.74, 6) is 0. The Bertz CT molecular complexity index is 475. The summed E-state index contributed by atoms with van der Waals surface area (Å²) < 4.78 is 21.1. The summed E-state index contributed by atoms with van der Waals surface area (Å²) in [6, 6.07) is 0. The van der Waals surface area contributed by atoms with E-state index in [4.69, 9.17) is 13.3 Å². The molecule has 0 fully saturated rings. The fraction of sp³-hybridized carbons (Fsp3) is 1.00. The first-order valence-corrected chi connectivity index (χ1v) is 24.1. The van der Waals surface area contributed by atoms with E-state index in [0.717, 1.165) is 32.1 Å². The Morgan fingerprint density at radius 2 is 1.17 bits per heavy atom. The van der Waals surface area contributed by atoms with Crippen molar-refractivity contribution in [3.63, 3.8) is 0 Å². The highest BCUT2D eigenvalue weighted by Gasteiger charge is 2.54. The average molecular weight is 479 g/mol. The van der Waals surface area contributed by atoms with Gasteiger partial charge in [-0.25, -0.2) is 0 Å².